The molecule has 2 aromatic rings. The fourth-order valence-electron chi connectivity index (χ4n) is 1.87. The largest absolute Gasteiger partial charge is 0.823 e. The van der Waals surface area contributed by atoms with Gasteiger partial charge in [0.1, 0.15) is 11.5 Å². The van der Waals surface area contributed by atoms with Crippen molar-refractivity contribution in [3.05, 3.63) is 54.1 Å². The first kappa shape index (κ1) is 15.6. The Morgan fingerprint density at radius 2 is 1.71 bits per heavy atom. The van der Waals surface area contributed by atoms with Crippen LogP contribution in [0.25, 0.3) is 0 Å². The average molecular weight is 301 g/mol. The van der Waals surface area contributed by atoms with Crippen molar-refractivity contribution in [1.82, 2.24) is 0 Å². The molecule has 0 aliphatic rings. The Balaban J connectivity index is 2.34. The van der Waals surface area contributed by atoms with Gasteiger partial charge < -0.3 is 14.6 Å². The standard InChI is InChI=1S/C17H19O3P/c1-3-19-14-10-11-16(15(12-14)20-4-2)21-17(18)13-8-6-5-7-9-13/h5-12,18H,3-4H2,1-2H3/p-1. The molecule has 2 aromatic carbocycles. The maximum absolute atomic E-state index is 12.3. The summed E-state index contributed by atoms with van der Waals surface area (Å²) in [5, 5.41) is 13.1. The van der Waals surface area contributed by atoms with Gasteiger partial charge in [0, 0.05) is 11.4 Å². The zero-order valence-electron chi connectivity index (χ0n) is 12.2. The first-order valence-electron chi connectivity index (χ1n) is 6.95. The second-order valence-corrected chi connectivity index (χ2v) is 5.39. The van der Waals surface area contributed by atoms with Gasteiger partial charge in [0.15, 0.2) is 0 Å². The van der Waals surface area contributed by atoms with Crippen molar-refractivity contribution in [2.24, 2.45) is 0 Å². The van der Waals surface area contributed by atoms with E-state index < -0.39 is 0 Å². The molecule has 0 heterocycles. The topological polar surface area (TPSA) is 41.5 Å². The van der Waals surface area contributed by atoms with Crippen LogP contribution in [0.15, 0.2) is 48.5 Å². The van der Waals surface area contributed by atoms with Crippen LogP contribution < -0.4 is 19.9 Å². The van der Waals surface area contributed by atoms with Gasteiger partial charge in [-0.2, -0.15) is 0 Å². The minimum absolute atomic E-state index is 0.0562. The van der Waals surface area contributed by atoms with Gasteiger partial charge in [-0.1, -0.05) is 38.5 Å². The summed E-state index contributed by atoms with van der Waals surface area (Å²) in [6.45, 7) is 5.02. The molecule has 2 rings (SSSR count). The molecule has 0 spiro atoms. The summed E-state index contributed by atoms with van der Waals surface area (Å²) >= 11 is 0. The van der Waals surface area contributed by atoms with E-state index >= 15 is 0 Å². The van der Waals surface area contributed by atoms with Gasteiger partial charge in [-0.3, -0.25) is 0 Å². The van der Waals surface area contributed by atoms with Crippen LogP contribution in [0.1, 0.15) is 19.4 Å². The fraction of sp³-hybridized carbons (Fsp3) is 0.235. The Morgan fingerprint density at radius 3 is 2.38 bits per heavy atom. The summed E-state index contributed by atoms with van der Waals surface area (Å²) in [6.07, 6.45) is 0. The maximum atomic E-state index is 12.3. The third-order valence-corrected chi connectivity index (χ3v) is 3.86. The van der Waals surface area contributed by atoms with Gasteiger partial charge in [0.05, 0.1) is 13.2 Å². The average Bonchev–Trinajstić information content (AvgIpc) is 2.51. The van der Waals surface area contributed by atoms with Crippen molar-refractivity contribution in [1.29, 1.82) is 0 Å². The minimum atomic E-state index is 0.0562. The fourth-order valence-corrected chi connectivity index (χ4v) is 2.75. The third kappa shape index (κ3) is 4.32. The zero-order chi connectivity index (χ0) is 15.1. The molecule has 0 radical (unpaired) electrons. The normalized spacial score (nSPS) is 11.3. The van der Waals surface area contributed by atoms with Crippen LogP contribution in [0, 0.1) is 0 Å². The summed E-state index contributed by atoms with van der Waals surface area (Å²) in [7, 11) is 0.607. The molecule has 0 N–H and O–H groups in total. The predicted molar refractivity (Wildman–Crippen MR) is 85.9 cm³/mol. The highest BCUT2D eigenvalue weighted by Crippen LogP contribution is 2.22. The molecule has 0 saturated heterocycles. The van der Waals surface area contributed by atoms with Gasteiger partial charge in [0.2, 0.25) is 0 Å². The van der Waals surface area contributed by atoms with E-state index in [1.54, 1.807) is 0 Å². The first-order chi connectivity index (χ1) is 10.2. The third-order valence-electron chi connectivity index (χ3n) is 2.78. The molecule has 0 amide bonds. The minimum Gasteiger partial charge on any atom is -0.823 e. The van der Waals surface area contributed by atoms with Gasteiger partial charge in [-0.15, -0.1) is 5.48 Å². The summed E-state index contributed by atoms with van der Waals surface area (Å²) in [6, 6.07) is 14.9. The number of hydrogen-bond acceptors (Lipinski definition) is 3. The van der Waals surface area contributed by atoms with Crippen molar-refractivity contribution in [2.45, 2.75) is 13.8 Å². The van der Waals surface area contributed by atoms with Crippen LogP contribution in [0.3, 0.4) is 0 Å². The molecule has 0 aliphatic heterocycles. The predicted octanol–water partition coefficient (Wildman–Crippen LogP) is 2.59. The van der Waals surface area contributed by atoms with Crippen molar-refractivity contribution in [2.75, 3.05) is 13.2 Å². The van der Waals surface area contributed by atoms with Crippen LogP contribution >= 0.6 is 8.20 Å². The van der Waals surface area contributed by atoms with Gasteiger partial charge in [0.25, 0.3) is 0 Å². The molecule has 0 atom stereocenters. The molecule has 110 valence electrons. The van der Waals surface area contributed by atoms with E-state index in [9.17, 15) is 5.11 Å². The number of hydrogen-bond donors (Lipinski definition) is 0. The zero-order valence-corrected chi connectivity index (χ0v) is 13.1. The first-order valence-corrected chi connectivity index (χ1v) is 7.84. The monoisotopic (exact) mass is 301 g/mol. The van der Waals surface area contributed by atoms with E-state index in [0.717, 1.165) is 11.1 Å². The quantitative estimate of drug-likeness (QED) is 0.770. The van der Waals surface area contributed by atoms with E-state index in [4.69, 9.17) is 9.47 Å². The van der Waals surface area contributed by atoms with Crippen molar-refractivity contribution in [3.8, 4) is 11.5 Å². The SMILES string of the molecule is CCOc1ccc(P=C([O-])c2ccccc2)c(OCC)c1. The van der Waals surface area contributed by atoms with Crippen LogP contribution in [0.2, 0.25) is 0 Å². The smallest absolute Gasteiger partial charge is 0.134 e. The van der Waals surface area contributed by atoms with Crippen molar-refractivity contribution < 1.29 is 14.6 Å². The van der Waals surface area contributed by atoms with E-state index in [1.807, 2.05) is 62.4 Å². The molecular formula is C17H18O3P-. The highest BCUT2D eigenvalue weighted by atomic mass is 31.1. The van der Waals surface area contributed by atoms with Crippen molar-refractivity contribution in [3.63, 3.8) is 0 Å². The summed E-state index contributed by atoms with van der Waals surface area (Å²) in [5.74, 6) is 1.46. The lowest BCUT2D eigenvalue weighted by atomic mass is 10.2. The highest BCUT2D eigenvalue weighted by Gasteiger charge is 2.04. The summed E-state index contributed by atoms with van der Waals surface area (Å²) in [4.78, 5) is 0. The molecular weight excluding hydrogens is 283 g/mol. The van der Waals surface area contributed by atoms with Gasteiger partial charge >= 0.3 is 0 Å². The maximum Gasteiger partial charge on any atom is 0.134 e. The molecule has 3 nitrogen and oxygen atoms in total. The van der Waals surface area contributed by atoms with Gasteiger partial charge in [-0.25, -0.2) is 0 Å². The molecule has 21 heavy (non-hydrogen) atoms. The Hall–Kier alpha value is -1.83. The van der Waals surface area contributed by atoms with E-state index in [2.05, 4.69) is 0 Å². The van der Waals surface area contributed by atoms with E-state index in [-0.39, 0.29) is 5.48 Å². The van der Waals surface area contributed by atoms with Gasteiger partial charge in [-0.05, 0) is 31.5 Å². The molecule has 0 fully saturated rings. The van der Waals surface area contributed by atoms with E-state index in [0.29, 0.717) is 32.7 Å². The Bertz CT molecular complexity index is 609. The lowest BCUT2D eigenvalue weighted by Crippen LogP contribution is -2.18. The van der Waals surface area contributed by atoms with E-state index in [1.165, 1.54) is 0 Å². The van der Waals surface area contributed by atoms with Crippen molar-refractivity contribution >= 4 is 19.0 Å². The molecule has 0 bridgehead atoms. The van der Waals surface area contributed by atoms with Crippen LogP contribution in [-0.2, 0) is 0 Å². The lowest BCUT2D eigenvalue weighted by Gasteiger charge is -2.14. The number of benzene rings is 2. The molecule has 0 aromatic heterocycles. The van der Waals surface area contributed by atoms with Crippen LogP contribution in [0.5, 0.6) is 11.5 Å². The molecule has 0 aliphatic carbocycles. The Kier molecular flexibility index (Phi) is 5.79. The second-order valence-electron chi connectivity index (χ2n) is 4.28. The highest BCUT2D eigenvalue weighted by molar-refractivity contribution is 7.49. The Labute approximate surface area is 127 Å². The summed E-state index contributed by atoms with van der Waals surface area (Å²) in [5.41, 5.74) is 0.760. The van der Waals surface area contributed by atoms with Crippen LogP contribution in [-0.4, -0.2) is 18.7 Å². The number of ether oxygens (including phenoxy) is 2. The molecule has 0 saturated carbocycles. The second kappa shape index (κ2) is 7.82. The number of rotatable bonds is 6. The molecule has 0 unspecified atom stereocenters. The van der Waals surface area contributed by atoms with Crippen LogP contribution in [0.4, 0.5) is 0 Å². The Morgan fingerprint density at radius 1 is 1.00 bits per heavy atom. The molecule has 4 heteroatoms. The summed E-state index contributed by atoms with van der Waals surface area (Å²) < 4.78 is 11.1. The lowest BCUT2D eigenvalue weighted by molar-refractivity contribution is -0.207.